The highest BCUT2D eigenvalue weighted by Gasteiger charge is 1.58. The molecule has 0 spiro atoms. The van der Waals surface area contributed by atoms with Crippen LogP contribution in [0.4, 0.5) is 0 Å². The number of ether oxygens (including phenoxy) is 1. The Balaban J connectivity index is -0.0000000350. The first kappa shape index (κ1) is 22.5. The van der Waals surface area contributed by atoms with E-state index >= 15 is 0 Å². The maximum Gasteiger partial charge on any atom is 0.300 e. The number of hydrogen-bond donors (Lipinski definition) is 1. The second kappa shape index (κ2) is 135. The van der Waals surface area contributed by atoms with Gasteiger partial charge in [0.25, 0.3) is 0 Å². The second-order valence-electron chi connectivity index (χ2n) is 0.329. The van der Waals surface area contributed by atoms with Gasteiger partial charge in [-0.2, -0.15) is 0 Å². The predicted molar refractivity (Wildman–Crippen MR) is 44.1 cm³/mol. The number of carbonyl (C=O) groups is 2. The van der Waals surface area contributed by atoms with Crippen LogP contribution < -0.4 is 0 Å². The molecule has 0 unspecified atom stereocenters. The van der Waals surface area contributed by atoms with Crippen LogP contribution in [-0.4, -0.2) is 25.2 Å². The van der Waals surface area contributed by atoms with Crippen molar-refractivity contribution in [2.24, 2.45) is 0 Å². The van der Waals surface area contributed by atoms with E-state index in [1.54, 1.807) is 0 Å². The van der Waals surface area contributed by atoms with Crippen LogP contribution in [0.15, 0.2) is 0 Å². The third kappa shape index (κ3) is 379. The van der Waals surface area contributed by atoms with Crippen molar-refractivity contribution in [2.45, 2.75) is 27.7 Å². The maximum atomic E-state index is 8.95. The quantitative estimate of drug-likeness (QED) is 0.490. The summed E-state index contributed by atoms with van der Waals surface area (Å²) in [6.07, 6.45) is 0. The van der Waals surface area contributed by atoms with Crippen LogP contribution >= 0.6 is 0 Å². The van der Waals surface area contributed by atoms with Crippen LogP contribution in [0.5, 0.6) is 0 Å². The van der Waals surface area contributed by atoms with Crippen molar-refractivity contribution in [1.29, 1.82) is 0 Å². The molecule has 4 heteroatoms. The Morgan fingerprint density at radius 2 is 1.09 bits per heavy atom. The second-order valence-corrected chi connectivity index (χ2v) is 0.329. The van der Waals surface area contributed by atoms with Gasteiger partial charge in [0.2, 0.25) is 0 Å². The molecule has 1 N–H and O–H groups in total. The van der Waals surface area contributed by atoms with E-state index in [0.717, 1.165) is 7.11 Å². The lowest BCUT2D eigenvalue weighted by atomic mass is 11.0. The zero-order valence-electron chi connectivity index (χ0n) is 7.83. The van der Waals surface area contributed by atoms with E-state index < -0.39 is 0 Å². The molecule has 0 aliphatic carbocycles. The maximum absolute atomic E-state index is 8.95. The summed E-state index contributed by atoms with van der Waals surface area (Å²) in [4.78, 5) is 17.9. The van der Waals surface area contributed by atoms with Gasteiger partial charge < -0.3 is 9.84 Å². The molecule has 0 heterocycles. The standard InChI is InChI=1S/C2H2O3.2C2H6.CH4O/c3-1-5-2-4;3*1-2/h1-2H;2*1-2H3;2H,1H3. The summed E-state index contributed by atoms with van der Waals surface area (Å²) in [5.74, 6) is 0. The Kier molecular flexibility index (Phi) is 277. The lowest BCUT2D eigenvalue weighted by Crippen LogP contribution is -1.77. The lowest BCUT2D eigenvalue weighted by molar-refractivity contribution is -0.141. The van der Waals surface area contributed by atoms with E-state index in [9.17, 15) is 0 Å². The van der Waals surface area contributed by atoms with E-state index in [1.165, 1.54) is 0 Å². The molecule has 0 saturated carbocycles. The van der Waals surface area contributed by atoms with Crippen molar-refractivity contribution in [1.82, 2.24) is 0 Å². The summed E-state index contributed by atoms with van der Waals surface area (Å²) in [5.41, 5.74) is 0. The normalized spacial score (nSPS) is 4.18. The van der Waals surface area contributed by atoms with Gasteiger partial charge in [-0.05, 0) is 0 Å². The van der Waals surface area contributed by atoms with Crippen molar-refractivity contribution in [3.05, 3.63) is 0 Å². The molecule has 0 bridgehead atoms. The van der Waals surface area contributed by atoms with Crippen LogP contribution in [0.1, 0.15) is 27.7 Å². The highest BCUT2D eigenvalue weighted by molar-refractivity contribution is 5.55. The Morgan fingerprint density at radius 3 is 1.09 bits per heavy atom. The molecule has 0 rings (SSSR count). The monoisotopic (exact) mass is 166 g/mol. The smallest absolute Gasteiger partial charge is 0.300 e. The first-order chi connectivity index (χ1) is 5.41. The molecule has 0 aromatic heterocycles. The van der Waals surface area contributed by atoms with Crippen molar-refractivity contribution >= 4 is 12.9 Å². The Bertz CT molecular complexity index is 39.7. The van der Waals surface area contributed by atoms with Crippen LogP contribution in [0.3, 0.4) is 0 Å². The van der Waals surface area contributed by atoms with E-state index in [2.05, 4.69) is 4.74 Å². The summed E-state index contributed by atoms with van der Waals surface area (Å²) in [6.45, 7) is 8.12. The highest BCUT2D eigenvalue weighted by Crippen LogP contribution is 1.40. The molecule has 70 valence electrons. The zero-order valence-corrected chi connectivity index (χ0v) is 7.83. The molecule has 0 saturated heterocycles. The minimum Gasteiger partial charge on any atom is -0.400 e. The summed E-state index contributed by atoms with van der Waals surface area (Å²) in [7, 11) is 1.00. The molecule has 0 aliphatic heterocycles. The number of aliphatic hydroxyl groups excluding tert-OH is 1. The SMILES string of the molecule is CC.CC.CO.O=COC=O. The third-order valence-electron chi connectivity index (χ3n) is 0.111. The molecular weight excluding hydrogens is 148 g/mol. The van der Waals surface area contributed by atoms with Crippen molar-refractivity contribution in [3.8, 4) is 0 Å². The van der Waals surface area contributed by atoms with Crippen LogP contribution in [0.25, 0.3) is 0 Å². The first-order valence-electron chi connectivity index (χ1n) is 3.39. The van der Waals surface area contributed by atoms with E-state index in [1.807, 2.05) is 27.7 Å². The molecule has 0 amide bonds. The Hall–Kier alpha value is -0.900. The molecule has 0 aromatic carbocycles. The van der Waals surface area contributed by atoms with E-state index in [0.29, 0.717) is 0 Å². The fourth-order valence-electron chi connectivity index (χ4n) is 0.0227. The number of rotatable bonds is 2. The lowest BCUT2D eigenvalue weighted by Gasteiger charge is -1.65. The van der Waals surface area contributed by atoms with Gasteiger partial charge in [-0.1, -0.05) is 27.7 Å². The third-order valence-corrected chi connectivity index (χ3v) is 0.111. The van der Waals surface area contributed by atoms with Crippen molar-refractivity contribution in [3.63, 3.8) is 0 Å². The van der Waals surface area contributed by atoms with Crippen molar-refractivity contribution in [2.75, 3.05) is 7.11 Å². The van der Waals surface area contributed by atoms with Gasteiger partial charge in [-0.3, -0.25) is 9.59 Å². The average Bonchev–Trinajstić information content (AvgIpc) is 2.16. The molecule has 4 nitrogen and oxygen atoms in total. The Morgan fingerprint density at radius 1 is 0.909 bits per heavy atom. The minimum absolute atomic E-state index is 0.0625. The predicted octanol–water partition coefficient (Wildman–Crippen LogP) is 0.977. The fourth-order valence-corrected chi connectivity index (χ4v) is 0.0227. The van der Waals surface area contributed by atoms with Crippen molar-refractivity contribution < 1.29 is 19.4 Å². The van der Waals surface area contributed by atoms with Gasteiger partial charge in [0.15, 0.2) is 0 Å². The van der Waals surface area contributed by atoms with Crippen LogP contribution in [0.2, 0.25) is 0 Å². The molecule has 0 aliphatic rings. The molecule has 0 atom stereocenters. The van der Waals surface area contributed by atoms with Gasteiger partial charge in [0.05, 0.1) is 0 Å². The molecular formula is C7H18O4. The summed E-state index contributed by atoms with van der Waals surface area (Å²) < 4.78 is 3.47. The van der Waals surface area contributed by atoms with Gasteiger partial charge in [-0.15, -0.1) is 0 Å². The number of carbonyl (C=O) groups excluding carboxylic acids is 2. The van der Waals surface area contributed by atoms with E-state index in [-0.39, 0.29) is 12.9 Å². The van der Waals surface area contributed by atoms with Gasteiger partial charge in [0.1, 0.15) is 0 Å². The summed E-state index contributed by atoms with van der Waals surface area (Å²) >= 11 is 0. The van der Waals surface area contributed by atoms with Gasteiger partial charge in [-0.25, -0.2) is 0 Å². The number of hydrogen-bond acceptors (Lipinski definition) is 4. The average molecular weight is 166 g/mol. The first-order valence-corrected chi connectivity index (χ1v) is 3.39. The van der Waals surface area contributed by atoms with Crippen LogP contribution in [0, 0.1) is 0 Å². The summed E-state index contributed by atoms with van der Waals surface area (Å²) in [5, 5.41) is 7.00. The van der Waals surface area contributed by atoms with Gasteiger partial charge >= 0.3 is 12.9 Å². The molecule has 0 aromatic rings. The van der Waals surface area contributed by atoms with Gasteiger partial charge in [0, 0.05) is 7.11 Å². The van der Waals surface area contributed by atoms with E-state index in [4.69, 9.17) is 14.7 Å². The number of aliphatic hydroxyl groups is 1. The summed E-state index contributed by atoms with van der Waals surface area (Å²) in [6, 6.07) is 0. The topological polar surface area (TPSA) is 63.6 Å². The largest absolute Gasteiger partial charge is 0.400 e. The molecule has 11 heavy (non-hydrogen) atoms. The van der Waals surface area contributed by atoms with Crippen LogP contribution in [-0.2, 0) is 14.3 Å². The highest BCUT2D eigenvalue weighted by atomic mass is 16.6. The minimum atomic E-state index is 0.0625. The molecule has 0 fully saturated rings. The Labute approximate surface area is 68.2 Å². The molecule has 0 radical (unpaired) electrons. The fraction of sp³-hybridized carbons (Fsp3) is 0.714. The zero-order chi connectivity index (χ0) is 10.1.